The van der Waals surface area contributed by atoms with Crippen LogP contribution in [0.2, 0.25) is 0 Å². The normalized spacial score (nSPS) is 40.9. The quantitative estimate of drug-likeness (QED) is 0.0442. The summed E-state index contributed by atoms with van der Waals surface area (Å²) in [6.45, 7) is 62.6. The van der Waals surface area contributed by atoms with Crippen LogP contribution in [0.1, 0.15) is 461 Å². The van der Waals surface area contributed by atoms with E-state index in [-0.39, 0.29) is 0 Å². The molecule has 0 aliphatic heterocycles. The molecule has 0 radical (unpaired) electrons. The Bertz CT molecular complexity index is 3460. The smallest absolute Gasteiger partial charge is 0.0612 e. The Balaban J connectivity index is 0.000000153. The van der Waals surface area contributed by atoms with Crippen LogP contribution in [-0.2, 0) is 37.9 Å². The molecule has 8 nitrogen and oxygen atoms in total. The average Bonchev–Trinajstić information content (AvgIpc) is 1.48. The van der Waals surface area contributed by atoms with Crippen molar-refractivity contribution in [3.8, 4) is 0 Å². The second kappa shape index (κ2) is 50.1. The molecule has 19 unspecified atom stereocenters. The van der Waals surface area contributed by atoms with Gasteiger partial charge in [-0.05, 0) is 441 Å². The zero-order valence-electron chi connectivity index (χ0n) is 94.5. The first-order chi connectivity index (χ1) is 65.1. The molecule has 0 aromatic carbocycles. The highest BCUT2D eigenvalue weighted by Crippen LogP contribution is 2.73. The number of methoxy groups -OCH3 is 4. The van der Waals surface area contributed by atoms with E-state index in [9.17, 15) is 0 Å². The summed E-state index contributed by atoms with van der Waals surface area (Å²) in [5.41, 5.74) is 11.2. The number of hydrogen-bond donors (Lipinski definition) is 0. The van der Waals surface area contributed by atoms with E-state index >= 15 is 0 Å². The molecule has 0 bridgehead atoms. The van der Waals surface area contributed by atoms with Gasteiger partial charge >= 0.3 is 0 Å². The van der Waals surface area contributed by atoms with Crippen molar-refractivity contribution in [3.05, 3.63) is 46.6 Å². The SMILES string of the molecule is CCC(CCC(C)C1CCC2C3CC=C4CC(OCCCOC)CCC4(C)C3CCC12C)C(C)C.CC[C@H](CCC(C)[C@H]1CC[C@H]2[C@@H]3CC=C4CC(OCCCOC)CC[C@]4(C)[C@H]3CC[C@]12C)C(C)C.COCCCOC1CCC2(C)C(=CCC3C2CCC2(C)C(C(C)CCCC(C)C)CCC32)C1.COCCCO[C@H]1CC[C@@]2(C)C(=CC[C@H]3[C@@H]4CC[C@H]([C@H](C)CCCC(C)C)[C@@]4(C)CC[C@@H]32)C1. The third-order valence-electron chi connectivity index (χ3n) is 46.5. The van der Waals surface area contributed by atoms with Crippen molar-refractivity contribution in [1.29, 1.82) is 0 Å². The minimum Gasteiger partial charge on any atom is -0.385 e. The van der Waals surface area contributed by atoms with Crippen LogP contribution in [0.5, 0.6) is 0 Å². The average molecular weight is 1890 g/mol. The van der Waals surface area contributed by atoms with E-state index in [0.29, 0.717) is 67.7 Å². The molecule has 136 heavy (non-hydrogen) atoms. The number of ether oxygens (including phenoxy) is 8. The van der Waals surface area contributed by atoms with Crippen LogP contribution in [0, 0.1) is 197 Å². The van der Waals surface area contributed by atoms with Crippen molar-refractivity contribution in [2.45, 2.75) is 485 Å². The number of fused-ring (bicyclic) bond motifs is 20. The second-order valence-electron chi connectivity index (χ2n) is 54.8. The molecule has 12 saturated carbocycles. The fourth-order valence-corrected chi connectivity index (χ4v) is 38.3. The molecule has 16 aliphatic carbocycles. The maximum atomic E-state index is 6.28. The summed E-state index contributed by atoms with van der Waals surface area (Å²) in [6.07, 6.45) is 78.0. The van der Waals surface area contributed by atoms with Gasteiger partial charge in [0.15, 0.2) is 0 Å². The monoisotopic (exact) mass is 1890 g/mol. The second-order valence-corrected chi connectivity index (χ2v) is 54.8. The van der Waals surface area contributed by atoms with Crippen LogP contribution in [0.25, 0.3) is 0 Å². The van der Waals surface area contributed by atoms with Crippen molar-refractivity contribution >= 4 is 0 Å². The molecule has 12 fully saturated rings. The lowest BCUT2D eigenvalue weighted by Gasteiger charge is -2.58. The predicted molar refractivity (Wildman–Crippen MR) is 575 cm³/mol. The Morgan fingerprint density at radius 2 is 0.493 bits per heavy atom. The Hall–Kier alpha value is -1.36. The topological polar surface area (TPSA) is 73.8 Å². The summed E-state index contributed by atoms with van der Waals surface area (Å²) >= 11 is 0. The van der Waals surface area contributed by atoms with Gasteiger partial charge in [-0.2, -0.15) is 0 Å². The van der Waals surface area contributed by atoms with E-state index in [2.05, 4.69) is 177 Å². The zero-order chi connectivity index (χ0) is 97.7. The molecule has 0 spiro atoms. The summed E-state index contributed by atoms with van der Waals surface area (Å²) in [7, 11) is 7.13. The molecule has 0 saturated heterocycles. The van der Waals surface area contributed by atoms with Gasteiger partial charge < -0.3 is 37.9 Å². The van der Waals surface area contributed by atoms with E-state index < -0.39 is 0 Å². The molecule has 0 heterocycles. The lowest BCUT2D eigenvalue weighted by molar-refractivity contribution is -0.0648. The highest BCUT2D eigenvalue weighted by Gasteiger charge is 2.65. The van der Waals surface area contributed by atoms with E-state index in [4.69, 9.17) is 37.9 Å². The van der Waals surface area contributed by atoms with Crippen LogP contribution in [-0.4, -0.2) is 106 Å². The summed E-state index contributed by atoms with van der Waals surface area (Å²) in [6, 6.07) is 0. The van der Waals surface area contributed by atoms with Crippen molar-refractivity contribution in [2.24, 2.45) is 197 Å². The van der Waals surface area contributed by atoms with Crippen LogP contribution >= 0.6 is 0 Å². The molecule has 0 aromatic heterocycles. The first-order valence-electron chi connectivity index (χ1n) is 60.3. The van der Waals surface area contributed by atoms with Crippen LogP contribution in [0.15, 0.2) is 46.6 Å². The molecular formula is C128H224O8. The Morgan fingerprint density at radius 1 is 0.257 bits per heavy atom. The molecule has 16 rings (SSSR count). The molecule has 0 aromatic rings. The van der Waals surface area contributed by atoms with Crippen molar-refractivity contribution in [3.63, 3.8) is 0 Å². The summed E-state index contributed by atoms with van der Waals surface area (Å²) < 4.78 is 45.9. The molecule has 8 heteroatoms. The minimum atomic E-state index is 0.436. The fourth-order valence-electron chi connectivity index (χ4n) is 38.3. The first kappa shape index (κ1) is 112. The van der Waals surface area contributed by atoms with Gasteiger partial charge in [0, 0.05) is 81.3 Å². The Labute approximate surface area is 842 Å². The number of rotatable bonds is 42. The highest BCUT2D eigenvalue weighted by atomic mass is 16.5. The molecule has 34 atom stereocenters. The maximum Gasteiger partial charge on any atom is 0.0612 e. The summed E-state index contributed by atoms with van der Waals surface area (Å²) in [4.78, 5) is 0. The van der Waals surface area contributed by atoms with Crippen LogP contribution in [0.4, 0.5) is 0 Å². The van der Waals surface area contributed by atoms with Gasteiger partial charge in [0.2, 0.25) is 0 Å². The Morgan fingerprint density at radius 3 is 0.706 bits per heavy atom. The molecule has 784 valence electrons. The van der Waals surface area contributed by atoms with Gasteiger partial charge in [0.25, 0.3) is 0 Å². The Kier molecular flexibility index (Phi) is 41.2. The van der Waals surface area contributed by atoms with Crippen molar-refractivity contribution < 1.29 is 37.9 Å². The minimum absolute atomic E-state index is 0.436. The lowest BCUT2D eigenvalue weighted by Crippen LogP contribution is -2.51. The molecule has 16 aliphatic rings. The number of allylic oxidation sites excluding steroid dienone is 4. The number of hydrogen-bond acceptors (Lipinski definition) is 8. The molecular weight excluding hydrogens is 1670 g/mol. The molecule has 0 amide bonds. The zero-order valence-corrected chi connectivity index (χ0v) is 94.5. The predicted octanol–water partition coefficient (Wildman–Crippen LogP) is 35.1. The van der Waals surface area contributed by atoms with Gasteiger partial charge in [-0.15, -0.1) is 0 Å². The van der Waals surface area contributed by atoms with Gasteiger partial charge in [0.05, 0.1) is 24.4 Å². The summed E-state index contributed by atoms with van der Waals surface area (Å²) in [5.74, 6) is 23.9. The van der Waals surface area contributed by atoms with Gasteiger partial charge in [-0.1, -0.05) is 263 Å². The van der Waals surface area contributed by atoms with Crippen LogP contribution < -0.4 is 0 Å². The highest BCUT2D eigenvalue weighted by molar-refractivity contribution is 5.30. The van der Waals surface area contributed by atoms with E-state index in [1.807, 2.05) is 0 Å². The third kappa shape index (κ3) is 24.8. The first-order valence-corrected chi connectivity index (χ1v) is 60.3. The van der Waals surface area contributed by atoms with Gasteiger partial charge in [-0.3, -0.25) is 0 Å². The fraction of sp³-hybridized carbons (Fsp3) is 0.938. The summed E-state index contributed by atoms with van der Waals surface area (Å²) in [5, 5.41) is 0. The van der Waals surface area contributed by atoms with Gasteiger partial charge in [-0.25, -0.2) is 0 Å². The lowest BCUT2D eigenvalue weighted by atomic mass is 9.47. The van der Waals surface area contributed by atoms with Crippen molar-refractivity contribution in [1.82, 2.24) is 0 Å². The largest absolute Gasteiger partial charge is 0.385 e. The third-order valence-corrected chi connectivity index (χ3v) is 46.5. The van der Waals surface area contributed by atoms with E-state index in [0.717, 1.165) is 232 Å². The van der Waals surface area contributed by atoms with Crippen molar-refractivity contribution in [2.75, 3.05) is 81.3 Å². The van der Waals surface area contributed by atoms with Gasteiger partial charge in [0.1, 0.15) is 0 Å². The molecule has 0 N–H and O–H groups in total. The van der Waals surface area contributed by atoms with E-state index in [1.165, 1.54) is 283 Å². The maximum absolute atomic E-state index is 6.28. The van der Waals surface area contributed by atoms with Crippen LogP contribution in [0.3, 0.4) is 0 Å². The standard InChI is InChI=1S/2C33H58O2.2C31H54O2/c2*1-8-25(23(2)3)11-10-24(4)29-14-15-30-28-13-12-26-22-27(35-21-9-20-34-7)16-18-32(26,5)31(28)17-19-33(29,30)6;2*1-22(2)9-7-10-23(3)27-13-14-28-26-12-11-24-21-25(33-20-8-19-32-6)15-17-30(24,4)29(26)16-18-31(27,28)5/h2*12,23-25,27-31H,8-11,13-22H2,1-7H3;2*11,22-23,25-29H,7-10,12-21H2,1-6H3/t24?,25-,27?,28+,29-,30+,31+,32+,33-;;23-,25+,26+,27-,28+,29+,30+,31-;/m1.1./s1. The van der Waals surface area contributed by atoms with E-state index in [1.54, 1.807) is 50.7 Å².